The quantitative estimate of drug-likeness (QED) is 0.709. The lowest BCUT2D eigenvalue weighted by Gasteiger charge is -2.19. The van der Waals surface area contributed by atoms with Crippen LogP contribution < -0.4 is 15.2 Å². The minimum absolute atomic E-state index is 0.335. The highest BCUT2D eigenvalue weighted by Crippen LogP contribution is 2.26. The third kappa shape index (κ3) is 5.27. The maximum Gasteiger partial charge on any atom is 0.347 e. The zero-order valence-electron chi connectivity index (χ0n) is 13.1. The fourth-order valence-electron chi connectivity index (χ4n) is 1.81. The van der Waals surface area contributed by atoms with Gasteiger partial charge >= 0.3 is 5.97 Å². The Morgan fingerprint density at radius 1 is 1.29 bits per heavy atom. The molecule has 118 valence electrons. The minimum Gasteiger partial charge on any atom is -0.493 e. The normalized spacial score (nSPS) is 11.8. The molecule has 0 spiro atoms. The SMILES string of the molecule is CCCOc1ccc(CN)c(OC(CC)C(=O)OCC)c1. The summed E-state index contributed by atoms with van der Waals surface area (Å²) in [5.41, 5.74) is 6.55. The van der Waals surface area contributed by atoms with Gasteiger partial charge in [0.1, 0.15) is 11.5 Å². The van der Waals surface area contributed by atoms with E-state index in [4.69, 9.17) is 19.9 Å². The molecule has 5 nitrogen and oxygen atoms in total. The number of carbonyl (C=O) groups excluding carboxylic acids is 1. The van der Waals surface area contributed by atoms with E-state index >= 15 is 0 Å². The van der Waals surface area contributed by atoms with Crippen LogP contribution >= 0.6 is 0 Å². The Morgan fingerprint density at radius 2 is 2.05 bits per heavy atom. The van der Waals surface area contributed by atoms with Crippen molar-refractivity contribution < 1.29 is 19.0 Å². The third-order valence-electron chi connectivity index (χ3n) is 2.92. The molecule has 1 rings (SSSR count). The molecule has 21 heavy (non-hydrogen) atoms. The molecular formula is C16H25NO4. The van der Waals surface area contributed by atoms with Crippen LogP contribution in [0.25, 0.3) is 0 Å². The van der Waals surface area contributed by atoms with E-state index in [1.54, 1.807) is 13.0 Å². The minimum atomic E-state index is -0.628. The molecule has 1 atom stereocenters. The predicted molar refractivity (Wildman–Crippen MR) is 81.5 cm³/mol. The van der Waals surface area contributed by atoms with E-state index in [1.807, 2.05) is 26.0 Å². The zero-order chi connectivity index (χ0) is 15.7. The number of ether oxygens (including phenoxy) is 3. The van der Waals surface area contributed by atoms with Crippen LogP contribution in [0.3, 0.4) is 0 Å². The van der Waals surface area contributed by atoms with Crippen LogP contribution in [0.5, 0.6) is 11.5 Å². The highest BCUT2D eigenvalue weighted by Gasteiger charge is 2.21. The molecule has 0 fully saturated rings. The van der Waals surface area contributed by atoms with Crippen LogP contribution in [0.4, 0.5) is 0 Å². The van der Waals surface area contributed by atoms with Gasteiger partial charge in [0.15, 0.2) is 6.10 Å². The van der Waals surface area contributed by atoms with E-state index in [-0.39, 0.29) is 5.97 Å². The number of rotatable bonds is 9. The average Bonchev–Trinajstić information content (AvgIpc) is 2.50. The fraction of sp³-hybridized carbons (Fsp3) is 0.562. The second kappa shape index (κ2) is 9.23. The number of hydrogen-bond donors (Lipinski definition) is 1. The van der Waals surface area contributed by atoms with Crippen LogP contribution in [0.2, 0.25) is 0 Å². The van der Waals surface area contributed by atoms with E-state index in [0.29, 0.717) is 37.7 Å². The van der Waals surface area contributed by atoms with Gasteiger partial charge in [-0.15, -0.1) is 0 Å². The monoisotopic (exact) mass is 295 g/mol. The number of benzene rings is 1. The number of hydrogen-bond acceptors (Lipinski definition) is 5. The summed E-state index contributed by atoms with van der Waals surface area (Å²) in [7, 11) is 0. The molecule has 5 heteroatoms. The lowest BCUT2D eigenvalue weighted by molar-refractivity contribution is -0.151. The molecule has 0 radical (unpaired) electrons. The molecule has 1 aromatic rings. The molecule has 2 N–H and O–H groups in total. The molecule has 1 unspecified atom stereocenters. The second-order valence-electron chi connectivity index (χ2n) is 4.59. The Balaban J connectivity index is 2.89. The van der Waals surface area contributed by atoms with E-state index < -0.39 is 6.10 Å². The van der Waals surface area contributed by atoms with Crippen molar-refractivity contribution in [1.29, 1.82) is 0 Å². The van der Waals surface area contributed by atoms with Gasteiger partial charge in [-0.3, -0.25) is 0 Å². The Bertz CT molecular complexity index is 448. The summed E-state index contributed by atoms with van der Waals surface area (Å²) in [4.78, 5) is 11.8. The highest BCUT2D eigenvalue weighted by atomic mass is 16.6. The van der Waals surface area contributed by atoms with Crippen molar-refractivity contribution in [1.82, 2.24) is 0 Å². The lowest BCUT2D eigenvalue weighted by Crippen LogP contribution is -2.29. The smallest absolute Gasteiger partial charge is 0.347 e. The van der Waals surface area contributed by atoms with Crippen LogP contribution in [0.15, 0.2) is 18.2 Å². The fourth-order valence-corrected chi connectivity index (χ4v) is 1.81. The molecule has 0 aromatic heterocycles. The molecule has 0 bridgehead atoms. The van der Waals surface area contributed by atoms with Gasteiger partial charge in [-0.1, -0.05) is 19.9 Å². The van der Waals surface area contributed by atoms with Crippen LogP contribution in [-0.4, -0.2) is 25.3 Å². The molecule has 1 aromatic carbocycles. The van der Waals surface area contributed by atoms with Gasteiger partial charge in [0.05, 0.1) is 13.2 Å². The number of carbonyl (C=O) groups is 1. The molecule has 0 saturated heterocycles. The predicted octanol–water partition coefficient (Wildman–Crippen LogP) is 2.65. The van der Waals surface area contributed by atoms with Gasteiger partial charge in [-0.05, 0) is 25.8 Å². The van der Waals surface area contributed by atoms with Gasteiger partial charge < -0.3 is 19.9 Å². The van der Waals surface area contributed by atoms with Gasteiger partial charge in [0.2, 0.25) is 0 Å². The largest absolute Gasteiger partial charge is 0.493 e. The first-order valence-electron chi connectivity index (χ1n) is 7.45. The van der Waals surface area contributed by atoms with Crippen molar-refractivity contribution >= 4 is 5.97 Å². The molecule has 0 amide bonds. The summed E-state index contributed by atoms with van der Waals surface area (Å²) in [6.45, 7) is 7.00. The van der Waals surface area contributed by atoms with Crippen molar-refractivity contribution in [2.45, 2.75) is 46.3 Å². The average molecular weight is 295 g/mol. The topological polar surface area (TPSA) is 70.8 Å². The van der Waals surface area contributed by atoms with Crippen LogP contribution in [0.1, 0.15) is 39.2 Å². The van der Waals surface area contributed by atoms with Crippen molar-refractivity contribution in [2.75, 3.05) is 13.2 Å². The van der Waals surface area contributed by atoms with E-state index in [1.165, 1.54) is 0 Å². The van der Waals surface area contributed by atoms with Crippen molar-refractivity contribution in [3.8, 4) is 11.5 Å². The summed E-state index contributed by atoms with van der Waals surface area (Å²) in [6.07, 6.45) is 0.828. The lowest BCUT2D eigenvalue weighted by atomic mass is 10.2. The summed E-state index contributed by atoms with van der Waals surface area (Å²) < 4.78 is 16.4. The number of esters is 1. The Hall–Kier alpha value is -1.75. The number of nitrogens with two attached hydrogens (primary N) is 1. The van der Waals surface area contributed by atoms with Crippen molar-refractivity contribution in [2.24, 2.45) is 5.73 Å². The molecule has 0 aliphatic heterocycles. The highest BCUT2D eigenvalue weighted by molar-refractivity contribution is 5.75. The van der Waals surface area contributed by atoms with Crippen LogP contribution in [-0.2, 0) is 16.1 Å². The Labute approximate surface area is 126 Å². The van der Waals surface area contributed by atoms with Crippen LogP contribution in [0, 0.1) is 0 Å². The van der Waals surface area contributed by atoms with E-state index in [2.05, 4.69) is 0 Å². The Morgan fingerprint density at radius 3 is 2.62 bits per heavy atom. The molecule has 0 aliphatic rings. The summed E-state index contributed by atoms with van der Waals surface area (Å²) in [5.74, 6) is 0.927. The van der Waals surface area contributed by atoms with Gasteiger partial charge in [0.25, 0.3) is 0 Å². The molecular weight excluding hydrogens is 270 g/mol. The molecule has 0 saturated carbocycles. The van der Waals surface area contributed by atoms with Crippen molar-refractivity contribution in [3.05, 3.63) is 23.8 Å². The second-order valence-corrected chi connectivity index (χ2v) is 4.59. The first kappa shape index (κ1) is 17.3. The zero-order valence-corrected chi connectivity index (χ0v) is 13.1. The maximum absolute atomic E-state index is 11.8. The molecule has 0 aliphatic carbocycles. The standard InChI is InChI=1S/C16H25NO4/c1-4-9-20-13-8-7-12(11-17)15(10-13)21-14(5-2)16(18)19-6-3/h7-8,10,14H,4-6,9,11,17H2,1-3H3. The summed E-state index contributed by atoms with van der Waals surface area (Å²) >= 11 is 0. The summed E-state index contributed by atoms with van der Waals surface area (Å²) in [6, 6.07) is 5.49. The first-order chi connectivity index (χ1) is 10.2. The summed E-state index contributed by atoms with van der Waals surface area (Å²) in [5, 5.41) is 0. The van der Waals surface area contributed by atoms with Gasteiger partial charge in [-0.2, -0.15) is 0 Å². The first-order valence-corrected chi connectivity index (χ1v) is 7.45. The van der Waals surface area contributed by atoms with E-state index in [9.17, 15) is 4.79 Å². The molecule has 0 heterocycles. The van der Waals surface area contributed by atoms with Gasteiger partial charge in [-0.25, -0.2) is 4.79 Å². The van der Waals surface area contributed by atoms with Gasteiger partial charge in [0, 0.05) is 18.2 Å². The maximum atomic E-state index is 11.8. The van der Waals surface area contributed by atoms with Crippen molar-refractivity contribution in [3.63, 3.8) is 0 Å². The Kier molecular flexibility index (Phi) is 7.61. The third-order valence-corrected chi connectivity index (χ3v) is 2.92. The van der Waals surface area contributed by atoms with E-state index in [0.717, 1.165) is 12.0 Å².